The van der Waals surface area contributed by atoms with Crippen molar-refractivity contribution >= 4 is 29.2 Å². The maximum atomic E-state index is 12.2. The molecular weight excluding hydrogens is 333 g/mol. The van der Waals surface area contributed by atoms with Gasteiger partial charge in [-0.05, 0) is 29.9 Å². The van der Waals surface area contributed by atoms with Crippen molar-refractivity contribution in [2.75, 3.05) is 0 Å². The van der Waals surface area contributed by atoms with Crippen molar-refractivity contribution in [3.05, 3.63) is 22.2 Å². The SMILES string of the molecule is C#CC(OC(=O)C1C(C=C(Cl)Cl)C1(C)C)/C(C)=C/CC(F)F. The predicted molar refractivity (Wildman–Crippen MR) is 83.6 cm³/mol. The first-order chi connectivity index (χ1) is 10.1. The number of allylic oxidation sites excluding steroid dienone is 2. The Hall–Kier alpha value is -1.05. The molecule has 22 heavy (non-hydrogen) atoms. The molecule has 6 heteroatoms. The molecule has 0 amide bonds. The highest BCUT2D eigenvalue weighted by Crippen LogP contribution is 2.60. The van der Waals surface area contributed by atoms with Crippen LogP contribution in [0.25, 0.3) is 0 Å². The van der Waals surface area contributed by atoms with Crippen LogP contribution in [0.1, 0.15) is 27.2 Å². The average Bonchev–Trinajstić information content (AvgIpc) is 2.93. The van der Waals surface area contributed by atoms with Gasteiger partial charge in [-0.2, -0.15) is 0 Å². The van der Waals surface area contributed by atoms with Crippen molar-refractivity contribution in [2.45, 2.75) is 39.7 Å². The van der Waals surface area contributed by atoms with Crippen LogP contribution in [0, 0.1) is 29.6 Å². The Morgan fingerprint density at radius 3 is 2.50 bits per heavy atom. The summed E-state index contributed by atoms with van der Waals surface area (Å²) >= 11 is 11.3. The molecule has 0 radical (unpaired) electrons. The van der Waals surface area contributed by atoms with Crippen LogP contribution in [-0.4, -0.2) is 18.5 Å². The number of esters is 1. The van der Waals surface area contributed by atoms with Gasteiger partial charge in [0.1, 0.15) is 4.49 Å². The number of carbonyl (C=O) groups is 1. The molecule has 0 bridgehead atoms. The highest BCUT2D eigenvalue weighted by molar-refractivity contribution is 6.55. The van der Waals surface area contributed by atoms with E-state index in [4.69, 9.17) is 34.4 Å². The molecule has 0 saturated heterocycles. The fourth-order valence-corrected chi connectivity index (χ4v) is 2.68. The van der Waals surface area contributed by atoms with Crippen molar-refractivity contribution < 1.29 is 18.3 Å². The first-order valence-corrected chi connectivity index (χ1v) is 7.51. The lowest BCUT2D eigenvalue weighted by atomic mass is 10.1. The lowest BCUT2D eigenvalue weighted by molar-refractivity contribution is -0.147. The van der Waals surface area contributed by atoms with Crippen molar-refractivity contribution in [1.29, 1.82) is 0 Å². The van der Waals surface area contributed by atoms with E-state index < -0.39 is 30.8 Å². The zero-order chi connectivity index (χ0) is 17.1. The zero-order valence-corrected chi connectivity index (χ0v) is 14.1. The van der Waals surface area contributed by atoms with Crippen LogP contribution in [0.15, 0.2) is 22.2 Å². The van der Waals surface area contributed by atoms with Crippen LogP contribution >= 0.6 is 23.2 Å². The molecule has 122 valence electrons. The molecule has 0 N–H and O–H groups in total. The van der Waals surface area contributed by atoms with E-state index in [0.29, 0.717) is 5.57 Å². The van der Waals surface area contributed by atoms with Gasteiger partial charge in [0.05, 0.1) is 5.92 Å². The molecular formula is C16H18Cl2F2O2. The largest absolute Gasteiger partial charge is 0.444 e. The highest BCUT2D eigenvalue weighted by atomic mass is 35.5. The average molecular weight is 351 g/mol. The van der Waals surface area contributed by atoms with Gasteiger partial charge < -0.3 is 4.74 Å². The van der Waals surface area contributed by atoms with Gasteiger partial charge in [-0.1, -0.05) is 49.0 Å². The van der Waals surface area contributed by atoms with E-state index in [1.165, 1.54) is 6.08 Å². The molecule has 1 saturated carbocycles. The quantitative estimate of drug-likeness (QED) is 0.393. The molecule has 0 aliphatic heterocycles. The maximum Gasteiger partial charge on any atom is 0.311 e. The summed E-state index contributed by atoms with van der Waals surface area (Å²) in [5.74, 6) is 1.29. The number of carbonyl (C=O) groups excluding carboxylic acids is 1. The Morgan fingerprint density at radius 1 is 1.45 bits per heavy atom. The van der Waals surface area contributed by atoms with E-state index in [1.807, 2.05) is 13.8 Å². The van der Waals surface area contributed by atoms with Crippen molar-refractivity contribution in [3.63, 3.8) is 0 Å². The lowest BCUT2D eigenvalue weighted by Crippen LogP contribution is -2.20. The summed E-state index contributed by atoms with van der Waals surface area (Å²) in [6.07, 6.45) is 4.37. The van der Waals surface area contributed by atoms with Gasteiger partial charge in [-0.25, -0.2) is 8.78 Å². The minimum atomic E-state index is -2.47. The monoisotopic (exact) mass is 350 g/mol. The van der Waals surface area contributed by atoms with E-state index in [2.05, 4.69) is 5.92 Å². The summed E-state index contributed by atoms with van der Waals surface area (Å²) in [5, 5.41) is 0. The molecule has 0 aromatic heterocycles. The molecule has 1 aliphatic rings. The Kier molecular flexibility index (Phi) is 6.46. The van der Waals surface area contributed by atoms with Gasteiger partial charge in [-0.15, -0.1) is 6.42 Å². The van der Waals surface area contributed by atoms with Crippen molar-refractivity contribution in [3.8, 4) is 12.3 Å². The molecule has 1 rings (SSSR count). The summed E-state index contributed by atoms with van der Waals surface area (Å²) in [6.45, 7) is 5.34. The summed E-state index contributed by atoms with van der Waals surface area (Å²) in [5.41, 5.74) is 0.0864. The van der Waals surface area contributed by atoms with Gasteiger partial charge in [-0.3, -0.25) is 4.79 Å². The normalized spacial score (nSPS) is 24.4. The predicted octanol–water partition coefficient (Wildman–Crippen LogP) is 4.72. The third kappa shape index (κ3) is 4.72. The molecule has 0 aromatic rings. The molecule has 2 nitrogen and oxygen atoms in total. The number of terminal acetylenes is 1. The Balaban J connectivity index is 2.73. The lowest BCUT2D eigenvalue weighted by Gasteiger charge is -2.14. The van der Waals surface area contributed by atoms with E-state index in [-0.39, 0.29) is 15.8 Å². The summed E-state index contributed by atoms with van der Waals surface area (Å²) < 4.78 is 29.8. The molecule has 1 fully saturated rings. The number of rotatable bonds is 6. The van der Waals surface area contributed by atoms with E-state index in [9.17, 15) is 13.6 Å². The standard InChI is InChI=1S/C16H18Cl2F2O2/c1-5-11(9(2)6-7-13(19)20)22-15(21)14-10(8-12(17)18)16(14,3)4/h1,6,8,10-11,13-14H,7H2,2-4H3/b9-6+. The first kappa shape index (κ1) is 19.0. The van der Waals surface area contributed by atoms with E-state index in [1.54, 1.807) is 13.0 Å². The maximum absolute atomic E-state index is 12.2. The Labute approximate surface area is 139 Å². The van der Waals surface area contributed by atoms with Gasteiger partial charge in [0.2, 0.25) is 6.43 Å². The number of hydrogen-bond acceptors (Lipinski definition) is 2. The second-order valence-electron chi connectivity index (χ2n) is 5.84. The second-order valence-corrected chi connectivity index (χ2v) is 6.85. The Bertz CT molecular complexity index is 529. The molecule has 3 unspecified atom stereocenters. The number of halogens is 4. The molecule has 0 aromatic carbocycles. The third-order valence-electron chi connectivity index (χ3n) is 3.89. The fourth-order valence-electron chi connectivity index (χ4n) is 2.40. The van der Waals surface area contributed by atoms with E-state index in [0.717, 1.165) is 0 Å². The van der Waals surface area contributed by atoms with Crippen LogP contribution < -0.4 is 0 Å². The van der Waals surface area contributed by atoms with Crippen LogP contribution in [0.2, 0.25) is 0 Å². The fraction of sp³-hybridized carbons (Fsp3) is 0.562. The van der Waals surface area contributed by atoms with Crippen molar-refractivity contribution in [1.82, 2.24) is 0 Å². The number of alkyl halides is 2. The summed E-state index contributed by atoms with van der Waals surface area (Å²) in [6, 6.07) is 0. The topological polar surface area (TPSA) is 26.3 Å². The highest BCUT2D eigenvalue weighted by Gasteiger charge is 2.61. The zero-order valence-electron chi connectivity index (χ0n) is 12.6. The molecule has 0 spiro atoms. The molecule has 3 atom stereocenters. The van der Waals surface area contributed by atoms with E-state index >= 15 is 0 Å². The van der Waals surface area contributed by atoms with Crippen molar-refractivity contribution in [2.24, 2.45) is 17.3 Å². The van der Waals surface area contributed by atoms with Gasteiger partial charge in [0.25, 0.3) is 0 Å². The number of ether oxygens (including phenoxy) is 1. The first-order valence-electron chi connectivity index (χ1n) is 6.75. The summed E-state index contributed by atoms with van der Waals surface area (Å²) in [7, 11) is 0. The van der Waals surface area contributed by atoms with Crippen LogP contribution in [0.4, 0.5) is 8.78 Å². The minimum absolute atomic E-state index is 0.0925. The minimum Gasteiger partial charge on any atom is -0.444 e. The van der Waals surface area contributed by atoms with Gasteiger partial charge in [0, 0.05) is 6.42 Å². The molecule has 0 heterocycles. The van der Waals surface area contributed by atoms with Gasteiger partial charge >= 0.3 is 5.97 Å². The third-order valence-corrected chi connectivity index (χ3v) is 4.14. The smallest absolute Gasteiger partial charge is 0.311 e. The number of hydrogen-bond donors (Lipinski definition) is 0. The second kappa shape index (κ2) is 7.48. The van der Waals surface area contributed by atoms with Crippen LogP contribution in [-0.2, 0) is 9.53 Å². The van der Waals surface area contributed by atoms with Crippen LogP contribution in [0.5, 0.6) is 0 Å². The molecule has 1 aliphatic carbocycles. The van der Waals surface area contributed by atoms with Crippen LogP contribution in [0.3, 0.4) is 0 Å². The summed E-state index contributed by atoms with van der Waals surface area (Å²) in [4.78, 5) is 12.2. The Morgan fingerprint density at radius 2 is 2.05 bits per heavy atom. The van der Waals surface area contributed by atoms with Gasteiger partial charge in [0.15, 0.2) is 6.10 Å².